The number of ether oxygens (including phenoxy) is 1. The number of benzene rings is 1. The lowest BCUT2D eigenvalue weighted by atomic mass is 10.3. The van der Waals surface area contributed by atoms with Gasteiger partial charge in [0.1, 0.15) is 5.75 Å². The fourth-order valence-corrected chi connectivity index (χ4v) is 2.24. The standard InChI is InChI=1S/C13H13N3O4S/c1-20-12-5-7-13(8-6-12)21(18,19)15-14-10-11-4-2-3-9-16(11)17/h2-10,17H,1H3/b11-10+,15-14?. The second kappa shape index (κ2) is 6.33. The number of sulfonamides is 1. The van der Waals surface area contributed by atoms with Crippen LogP contribution in [-0.2, 0) is 10.0 Å². The molecular formula is C13H13N3O4S. The van der Waals surface area contributed by atoms with Crippen LogP contribution in [0.5, 0.6) is 5.75 Å². The Labute approximate surface area is 122 Å². The monoisotopic (exact) mass is 307 g/mol. The Kier molecular flexibility index (Phi) is 4.51. The van der Waals surface area contributed by atoms with Crippen LogP contribution < -0.4 is 4.74 Å². The second-order valence-electron chi connectivity index (χ2n) is 3.95. The Morgan fingerprint density at radius 3 is 2.57 bits per heavy atom. The SMILES string of the molecule is COc1ccc(S(=O)(=O)N=N/C=C2\C=CC=CN2O)cc1. The van der Waals surface area contributed by atoms with Crippen LogP contribution in [0, 0.1) is 0 Å². The zero-order chi connectivity index (χ0) is 15.3. The van der Waals surface area contributed by atoms with E-state index in [9.17, 15) is 13.6 Å². The molecule has 8 heteroatoms. The summed E-state index contributed by atoms with van der Waals surface area (Å²) in [6.07, 6.45) is 7.37. The maximum Gasteiger partial charge on any atom is 0.299 e. The normalized spacial score (nSPS) is 16.9. The summed E-state index contributed by atoms with van der Waals surface area (Å²) in [6.45, 7) is 0. The summed E-state index contributed by atoms with van der Waals surface area (Å²) in [7, 11) is -2.40. The van der Waals surface area contributed by atoms with Gasteiger partial charge in [-0.2, -0.15) is 8.42 Å². The smallest absolute Gasteiger partial charge is 0.299 e. The van der Waals surface area contributed by atoms with Crippen LogP contribution in [0.1, 0.15) is 0 Å². The van der Waals surface area contributed by atoms with Crippen LogP contribution in [0.25, 0.3) is 0 Å². The zero-order valence-electron chi connectivity index (χ0n) is 11.1. The molecule has 0 radical (unpaired) electrons. The van der Waals surface area contributed by atoms with Gasteiger partial charge in [0.25, 0.3) is 10.0 Å². The number of nitrogens with zero attached hydrogens (tertiary/aromatic N) is 3. The lowest BCUT2D eigenvalue weighted by molar-refractivity contribution is -0.000512. The maximum absolute atomic E-state index is 11.9. The van der Waals surface area contributed by atoms with Crippen molar-refractivity contribution < 1.29 is 18.4 Å². The van der Waals surface area contributed by atoms with Crippen molar-refractivity contribution in [1.82, 2.24) is 5.06 Å². The van der Waals surface area contributed by atoms with E-state index in [1.807, 2.05) is 0 Å². The quantitative estimate of drug-likeness (QED) is 0.863. The Morgan fingerprint density at radius 1 is 1.24 bits per heavy atom. The molecule has 0 spiro atoms. The predicted octanol–water partition coefficient (Wildman–Crippen LogP) is 2.45. The third-order valence-electron chi connectivity index (χ3n) is 2.57. The predicted molar refractivity (Wildman–Crippen MR) is 75.0 cm³/mol. The van der Waals surface area contributed by atoms with E-state index in [4.69, 9.17) is 4.74 Å². The van der Waals surface area contributed by atoms with Crippen molar-refractivity contribution in [2.24, 2.45) is 9.63 Å². The van der Waals surface area contributed by atoms with Crippen LogP contribution in [0.4, 0.5) is 0 Å². The molecule has 0 amide bonds. The minimum atomic E-state index is -3.89. The summed E-state index contributed by atoms with van der Waals surface area (Å²) in [6, 6.07) is 5.79. The number of allylic oxidation sites excluding steroid dienone is 3. The molecule has 0 bridgehead atoms. The summed E-state index contributed by atoms with van der Waals surface area (Å²) >= 11 is 0. The molecule has 0 unspecified atom stereocenters. The van der Waals surface area contributed by atoms with Crippen LogP contribution >= 0.6 is 0 Å². The molecule has 0 aliphatic carbocycles. The first-order chi connectivity index (χ1) is 10.0. The second-order valence-corrected chi connectivity index (χ2v) is 5.53. The molecule has 0 fully saturated rings. The summed E-state index contributed by atoms with van der Waals surface area (Å²) in [4.78, 5) is 0.00499. The molecule has 1 N–H and O–H groups in total. The molecule has 21 heavy (non-hydrogen) atoms. The van der Waals surface area contributed by atoms with Gasteiger partial charge in [0.05, 0.1) is 23.9 Å². The third kappa shape index (κ3) is 3.77. The van der Waals surface area contributed by atoms with Gasteiger partial charge >= 0.3 is 0 Å². The molecule has 0 aromatic heterocycles. The molecule has 1 aromatic carbocycles. The Morgan fingerprint density at radius 2 is 1.95 bits per heavy atom. The summed E-state index contributed by atoms with van der Waals surface area (Å²) in [5.41, 5.74) is 0.297. The average molecular weight is 307 g/mol. The van der Waals surface area contributed by atoms with Gasteiger partial charge < -0.3 is 4.74 Å². The molecule has 1 heterocycles. The number of rotatable bonds is 4. The van der Waals surface area contributed by atoms with E-state index in [1.165, 1.54) is 37.6 Å². The Balaban J connectivity index is 2.17. The van der Waals surface area contributed by atoms with Gasteiger partial charge in [-0.3, -0.25) is 5.21 Å². The van der Waals surface area contributed by atoms with Gasteiger partial charge in [-0.15, -0.1) is 5.11 Å². The highest BCUT2D eigenvalue weighted by molar-refractivity contribution is 7.90. The number of methoxy groups -OCH3 is 1. The molecule has 2 rings (SSSR count). The highest BCUT2D eigenvalue weighted by Gasteiger charge is 2.12. The minimum absolute atomic E-state index is 0.00499. The zero-order valence-corrected chi connectivity index (χ0v) is 11.9. The van der Waals surface area contributed by atoms with Crippen molar-refractivity contribution in [2.45, 2.75) is 4.90 Å². The lowest BCUT2D eigenvalue weighted by Crippen LogP contribution is -2.10. The molecule has 1 aliphatic rings. The van der Waals surface area contributed by atoms with Crippen LogP contribution in [-0.4, -0.2) is 25.8 Å². The van der Waals surface area contributed by atoms with E-state index >= 15 is 0 Å². The average Bonchev–Trinajstić information content (AvgIpc) is 2.49. The first-order valence-corrected chi connectivity index (χ1v) is 7.31. The molecule has 1 aromatic rings. The van der Waals surface area contributed by atoms with Crippen molar-refractivity contribution in [3.05, 3.63) is 60.6 Å². The molecular weight excluding hydrogens is 294 g/mol. The summed E-state index contributed by atoms with van der Waals surface area (Å²) in [5, 5.41) is 13.7. The van der Waals surface area contributed by atoms with Gasteiger partial charge in [-0.05, 0) is 36.4 Å². The Hall–Kier alpha value is -2.45. The fraction of sp³-hybridized carbons (Fsp3) is 0.0769. The number of hydroxylamine groups is 2. The van der Waals surface area contributed by atoms with Crippen molar-refractivity contribution >= 4 is 10.0 Å². The van der Waals surface area contributed by atoms with E-state index < -0.39 is 10.0 Å². The topological polar surface area (TPSA) is 91.6 Å². The van der Waals surface area contributed by atoms with Crippen LogP contribution in [0.15, 0.2) is 75.1 Å². The Bertz CT molecular complexity index is 718. The molecule has 0 saturated heterocycles. The van der Waals surface area contributed by atoms with Gasteiger partial charge in [-0.25, -0.2) is 5.06 Å². The molecule has 0 atom stereocenters. The summed E-state index contributed by atoms with van der Waals surface area (Å²) < 4.78 is 32.1. The third-order valence-corrected chi connectivity index (χ3v) is 3.75. The van der Waals surface area contributed by atoms with E-state index in [1.54, 1.807) is 18.2 Å². The van der Waals surface area contributed by atoms with Gasteiger partial charge in [0.15, 0.2) is 0 Å². The minimum Gasteiger partial charge on any atom is -0.497 e. The molecule has 7 nitrogen and oxygen atoms in total. The van der Waals surface area contributed by atoms with E-state index in [-0.39, 0.29) is 4.90 Å². The van der Waals surface area contributed by atoms with Crippen LogP contribution in [0.2, 0.25) is 0 Å². The van der Waals surface area contributed by atoms with Crippen LogP contribution in [0.3, 0.4) is 0 Å². The lowest BCUT2D eigenvalue weighted by Gasteiger charge is -2.13. The van der Waals surface area contributed by atoms with Crippen molar-refractivity contribution in [3.63, 3.8) is 0 Å². The molecule has 110 valence electrons. The van der Waals surface area contributed by atoms with Crippen molar-refractivity contribution in [2.75, 3.05) is 7.11 Å². The van der Waals surface area contributed by atoms with Crippen molar-refractivity contribution in [3.8, 4) is 5.75 Å². The maximum atomic E-state index is 11.9. The first kappa shape index (κ1) is 14.9. The first-order valence-electron chi connectivity index (χ1n) is 5.87. The van der Waals surface area contributed by atoms with Crippen molar-refractivity contribution in [1.29, 1.82) is 0 Å². The fourth-order valence-electron chi connectivity index (χ4n) is 1.49. The van der Waals surface area contributed by atoms with Gasteiger partial charge in [-0.1, -0.05) is 10.6 Å². The van der Waals surface area contributed by atoms with E-state index in [0.717, 1.165) is 11.3 Å². The van der Waals surface area contributed by atoms with Gasteiger partial charge in [0, 0.05) is 6.20 Å². The largest absolute Gasteiger partial charge is 0.497 e. The highest BCUT2D eigenvalue weighted by Crippen LogP contribution is 2.18. The number of hydrogen-bond acceptors (Lipinski definition) is 6. The van der Waals surface area contributed by atoms with E-state index in [2.05, 4.69) is 9.63 Å². The molecule has 1 aliphatic heterocycles. The van der Waals surface area contributed by atoms with Gasteiger partial charge in [0.2, 0.25) is 0 Å². The van der Waals surface area contributed by atoms with E-state index in [0.29, 0.717) is 11.4 Å². The highest BCUT2D eigenvalue weighted by atomic mass is 32.2. The number of hydrogen-bond donors (Lipinski definition) is 1. The summed E-state index contributed by atoms with van der Waals surface area (Å²) in [5.74, 6) is 0.544. The molecule has 0 saturated carbocycles.